The molecule has 7 heteroatoms. The van der Waals surface area contributed by atoms with Crippen molar-refractivity contribution in [2.24, 2.45) is 5.73 Å². The molecule has 2 atom stereocenters. The lowest BCUT2D eigenvalue weighted by Gasteiger charge is -2.14. The zero-order valence-corrected chi connectivity index (χ0v) is 12.6. The number of nitrogens with two attached hydrogens (primary N) is 1. The minimum absolute atomic E-state index is 0.0697. The van der Waals surface area contributed by atoms with Gasteiger partial charge in [0.1, 0.15) is 0 Å². The lowest BCUT2D eigenvalue weighted by atomic mass is 10.2. The zero-order chi connectivity index (χ0) is 15.2. The predicted octanol–water partition coefficient (Wildman–Crippen LogP) is 0.579. The molecule has 114 valence electrons. The molecule has 1 aromatic carbocycles. The van der Waals surface area contributed by atoms with E-state index >= 15 is 0 Å². The summed E-state index contributed by atoms with van der Waals surface area (Å²) in [5, 5.41) is 6.02. The molecule has 0 spiro atoms. The second-order valence-corrected chi connectivity index (χ2v) is 5.81. The number of para-hydroxylation sites is 1. The van der Waals surface area contributed by atoms with Crippen molar-refractivity contribution < 1.29 is 14.3 Å². The Labute approximate surface area is 127 Å². The second kappa shape index (κ2) is 7.44. The summed E-state index contributed by atoms with van der Waals surface area (Å²) in [6, 6.07) is 7.09. The number of carbonyl (C=O) groups excluding carboxylic acids is 2. The molecule has 0 saturated carbocycles. The number of primary amides is 1. The van der Waals surface area contributed by atoms with E-state index in [1.54, 1.807) is 7.11 Å². The van der Waals surface area contributed by atoms with Crippen LogP contribution in [-0.4, -0.2) is 43.4 Å². The van der Waals surface area contributed by atoms with Crippen LogP contribution in [0.15, 0.2) is 29.2 Å². The van der Waals surface area contributed by atoms with Gasteiger partial charge in [-0.3, -0.25) is 9.59 Å². The van der Waals surface area contributed by atoms with E-state index in [2.05, 4.69) is 10.6 Å². The van der Waals surface area contributed by atoms with Crippen LogP contribution in [-0.2, 0) is 14.3 Å². The number of carbonyl (C=O) groups is 2. The molecule has 2 rings (SSSR count). The van der Waals surface area contributed by atoms with Crippen molar-refractivity contribution >= 4 is 29.3 Å². The summed E-state index contributed by atoms with van der Waals surface area (Å²) in [6.07, 6.45) is 0.721. The van der Waals surface area contributed by atoms with Gasteiger partial charge in [0.2, 0.25) is 11.8 Å². The molecule has 0 bridgehead atoms. The maximum atomic E-state index is 12.2. The summed E-state index contributed by atoms with van der Waals surface area (Å²) in [5.41, 5.74) is 5.84. The van der Waals surface area contributed by atoms with Gasteiger partial charge in [-0.1, -0.05) is 12.1 Å². The molecule has 1 heterocycles. The fraction of sp³-hybridized carbons (Fsp3) is 0.429. The van der Waals surface area contributed by atoms with Crippen LogP contribution >= 0.6 is 11.8 Å². The van der Waals surface area contributed by atoms with Crippen LogP contribution in [0.4, 0.5) is 5.69 Å². The van der Waals surface area contributed by atoms with Crippen molar-refractivity contribution in [2.45, 2.75) is 23.5 Å². The lowest BCUT2D eigenvalue weighted by Crippen LogP contribution is -2.35. The number of thioether (sulfide) groups is 1. The van der Waals surface area contributed by atoms with E-state index in [0.717, 1.165) is 4.90 Å². The Bertz CT molecular complexity index is 524. The molecule has 1 fully saturated rings. The first kappa shape index (κ1) is 15.8. The Morgan fingerprint density at radius 2 is 2.24 bits per heavy atom. The Balaban J connectivity index is 1.99. The molecule has 0 radical (unpaired) electrons. The van der Waals surface area contributed by atoms with Gasteiger partial charge in [-0.05, 0) is 18.6 Å². The lowest BCUT2D eigenvalue weighted by molar-refractivity contribution is -0.118. The topological polar surface area (TPSA) is 93.4 Å². The highest BCUT2D eigenvalue weighted by molar-refractivity contribution is 8.00. The van der Waals surface area contributed by atoms with E-state index in [1.807, 2.05) is 24.3 Å². The van der Waals surface area contributed by atoms with E-state index in [0.29, 0.717) is 18.7 Å². The quantitative estimate of drug-likeness (QED) is 0.668. The van der Waals surface area contributed by atoms with Crippen LogP contribution in [0.1, 0.15) is 6.42 Å². The number of hydrogen-bond donors (Lipinski definition) is 3. The number of amides is 2. The van der Waals surface area contributed by atoms with E-state index in [9.17, 15) is 9.59 Å². The summed E-state index contributed by atoms with van der Waals surface area (Å²) < 4.78 is 5.23. The molecular formula is C14H19N3O3S. The molecule has 1 aromatic rings. The first-order chi connectivity index (χ1) is 10.1. The Morgan fingerprint density at radius 3 is 2.90 bits per heavy atom. The SMILES string of the molecule is COC1CNC(C(=O)Nc2ccccc2SCC(N)=O)C1. The van der Waals surface area contributed by atoms with Crippen LogP contribution in [0.5, 0.6) is 0 Å². The summed E-state index contributed by atoms with van der Waals surface area (Å²) in [7, 11) is 1.64. The maximum Gasteiger partial charge on any atom is 0.241 e. The van der Waals surface area contributed by atoms with Crippen molar-refractivity contribution in [2.75, 3.05) is 24.7 Å². The number of nitrogens with one attached hydrogen (secondary N) is 2. The standard InChI is InChI=1S/C14H19N3O3S/c1-20-9-6-11(16-7-9)14(19)17-10-4-2-3-5-12(10)21-8-13(15)18/h2-5,9,11,16H,6-8H2,1H3,(H2,15,18)(H,17,19). The van der Waals surface area contributed by atoms with E-state index < -0.39 is 0 Å². The van der Waals surface area contributed by atoms with Crippen LogP contribution < -0.4 is 16.4 Å². The Kier molecular flexibility index (Phi) is 5.60. The van der Waals surface area contributed by atoms with Gasteiger partial charge in [0.05, 0.1) is 23.6 Å². The van der Waals surface area contributed by atoms with Gasteiger partial charge in [-0.2, -0.15) is 0 Å². The molecular weight excluding hydrogens is 290 g/mol. The molecule has 2 amide bonds. The Morgan fingerprint density at radius 1 is 1.48 bits per heavy atom. The zero-order valence-electron chi connectivity index (χ0n) is 11.8. The highest BCUT2D eigenvalue weighted by atomic mass is 32.2. The number of benzene rings is 1. The van der Waals surface area contributed by atoms with Gasteiger partial charge < -0.3 is 21.1 Å². The summed E-state index contributed by atoms with van der Waals surface area (Å²) in [4.78, 5) is 23.9. The highest BCUT2D eigenvalue weighted by Gasteiger charge is 2.29. The van der Waals surface area contributed by atoms with Crippen LogP contribution in [0.2, 0.25) is 0 Å². The third-order valence-electron chi connectivity index (χ3n) is 3.26. The van der Waals surface area contributed by atoms with Crippen molar-refractivity contribution in [3.63, 3.8) is 0 Å². The minimum Gasteiger partial charge on any atom is -0.380 e. The van der Waals surface area contributed by atoms with Crippen molar-refractivity contribution in [1.82, 2.24) is 5.32 Å². The normalized spacial score (nSPS) is 21.2. The predicted molar refractivity (Wildman–Crippen MR) is 82.2 cm³/mol. The summed E-state index contributed by atoms with van der Waals surface area (Å²) >= 11 is 1.31. The fourth-order valence-electron chi connectivity index (χ4n) is 2.15. The maximum absolute atomic E-state index is 12.2. The highest BCUT2D eigenvalue weighted by Crippen LogP contribution is 2.27. The second-order valence-electron chi connectivity index (χ2n) is 4.79. The Hall–Kier alpha value is -1.57. The number of methoxy groups -OCH3 is 1. The number of anilines is 1. The monoisotopic (exact) mass is 309 g/mol. The molecule has 6 nitrogen and oxygen atoms in total. The molecule has 0 aromatic heterocycles. The van der Waals surface area contributed by atoms with Crippen LogP contribution in [0.25, 0.3) is 0 Å². The molecule has 1 saturated heterocycles. The van der Waals surface area contributed by atoms with Gasteiger partial charge in [-0.25, -0.2) is 0 Å². The van der Waals surface area contributed by atoms with Crippen molar-refractivity contribution in [3.05, 3.63) is 24.3 Å². The van der Waals surface area contributed by atoms with Gasteiger partial charge in [0.25, 0.3) is 0 Å². The van der Waals surface area contributed by atoms with E-state index in [4.69, 9.17) is 10.5 Å². The third kappa shape index (κ3) is 4.45. The van der Waals surface area contributed by atoms with Gasteiger partial charge in [0, 0.05) is 18.6 Å². The van der Waals surface area contributed by atoms with Gasteiger partial charge in [0.15, 0.2) is 0 Å². The largest absolute Gasteiger partial charge is 0.380 e. The fourth-order valence-corrected chi connectivity index (χ4v) is 2.89. The molecule has 1 aliphatic rings. The first-order valence-electron chi connectivity index (χ1n) is 6.67. The first-order valence-corrected chi connectivity index (χ1v) is 7.66. The number of hydrogen-bond acceptors (Lipinski definition) is 5. The average Bonchev–Trinajstić information content (AvgIpc) is 2.95. The van der Waals surface area contributed by atoms with Gasteiger partial charge >= 0.3 is 0 Å². The van der Waals surface area contributed by atoms with Crippen molar-refractivity contribution in [3.8, 4) is 0 Å². The summed E-state index contributed by atoms with van der Waals surface area (Å²) in [6.45, 7) is 0.673. The third-order valence-corrected chi connectivity index (χ3v) is 4.35. The smallest absolute Gasteiger partial charge is 0.241 e. The van der Waals surface area contributed by atoms with Crippen LogP contribution in [0.3, 0.4) is 0 Å². The molecule has 21 heavy (non-hydrogen) atoms. The molecule has 4 N–H and O–H groups in total. The molecule has 1 aliphatic heterocycles. The number of rotatable bonds is 6. The van der Waals surface area contributed by atoms with Crippen molar-refractivity contribution in [1.29, 1.82) is 0 Å². The molecule has 0 aliphatic carbocycles. The van der Waals surface area contributed by atoms with Crippen LogP contribution in [0, 0.1) is 0 Å². The molecule has 2 unspecified atom stereocenters. The van der Waals surface area contributed by atoms with E-state index in [-0.39, 0.29) is 29.7 Å². The average molecular weight is 309 g/mol. The number of ether oxygens (including phenoxy) is 1. The minimum atomic E-state index is -0.387. The summed E-state index contributed by atoms with van der Waals surface area (Å²) in [5.74, 6) is -0.302. The van der Waals surface area contributed by atoms with E-state index in [1.165, 1.54) is 11.8 Å². The van der Waals surface area contributed by atoms with Gasteiger partial charge in [-0.15, -0.1) is 11.8 Å².